The summed E-state index contributed by atoms with van der Waals surface area (Å²) in [6, 6.07) is 11.2. The van der Waals surface area contributed by atoms with Gasteiger partial charge in [0.2, 0.25) is 5.91 Å². The molecule has 8 heteroatoms. The summed E-state index contributed by atoms with van der Waals surface area (Å²) in [5.74, 6) is 0.275. The van der Waals surface area contributed by atoms with Gasteiger partial charge in [-0.3, -0.25) is 19.4 Å². The van der Waals surface area contributed by atoms with E-state index in [1.54, 1.807) is 37.3 Å². The number of anilines is 2. The van der Waals surface area contributed by atoms with E-state index in [4.69, 9.17) is 9.47 Å². The number of fused-ring (bicyclic) bond motifs is 1. The zero-order valence-corrected chi connectivity index (χ0v) is 16.2. The summed E-state index contributed by atoms with van der Waals surface area (Å²) in [6.45, 7) is 4.15. The van der Waals surface area contributed by atoms with Crippen molar-refractivity contribution in [1.82, 2.24) is 4.90 Å². The highest BCUT2D eigenvalue weighted by Crippen LogP contribution is 2.32. The van der Waals surface area contributed by atoms with Crippen LogP contribution in [0, 0.1) is 6.92 Å². The molecule has 1 saturated heterocycles. The van der Waals surface area contributed by atoms with Gasteiger partial charge < -0.3 is 14.8 Å². The molecule has 1 unspecified atom stereocenters. The SMILES string of the molecule is Cc1ccc(N2C(=O)N(CC(=O)Nc3ccc4c(c3)OCCO4)C(=O)C2C)cc1. The Morgan fingerprint density at radius 3 is 2.48 bits per heavy atom. The first-order valence-corrected chi connectivity index (χ1v) is 9.35. The number of aryl methyl sites for hydroxylation is 1. The molecule has 2 aromatic carbocycles. The molecule has 0 aromatic heterocycles. The van der Waals surface area contributed by atoms with Crippen molar-refractivity contribution in [2.75, 3.05) is 30.0 Å². The standard InChI is InChI=1S/C21H21N3O5/c1-13-3-6-16(7-4-13)24-14(2)20(26)23(21(24)27)12-19(25)22-15-5-8-17-18(11-15)29-10-9-28-17/h3-8,11,14H,9-10,12H2,1-2H3,(H,22,25). The van der Waals surface area contributed by atoms with E-state index in [1.165, 1.54) is 4.90 Å². The Balaban J connectivity index is 1.46. The number of imide groups is 1. The molecule has 0 saturated carbocycles. The van der Waals surface area contributed by atoms with Crippen LogP contribution in [0.15, 0.2) is 42.5 Å². The van der Waals surface area contributed by atoms with E-state index in [0.29, 0.717) is 36.1 Å². The highest BCUT2D eigenvalue weighted by molar-refractivity contribution is 6.16. The number of benzene rings is 2. The third kappa shape index (κ3) is 3.61. The van der Waals surface area contributed by atoms with Crippen LogP contribution in [-0.4, -0.2) is 48.5 Å². The molecule has 2 heterocycles. The maximum atomic E-state index is 12.8. The fourth-order valence-corrected chi connectivity index (χ4v) is 3.38. The second-order valence-electron chi connectivity index (χ2n) is 7.00. The van der Waals surface area contributed by atoms with E-state index in [1.807, 2.05) is 19.1 Å². The number of amides is 4. The summed E-state index contributed by atoms with van der Waals surface area (Å²) >= 11 is 0. The minimum Gasteiger partial charge on any atom is -0.486 e. The van der Waals surface area contributed by atoms with Gasteiger partial charge in [-0.15, -0.1) is 0 Å². The van der Waals surface area contributed by atoms with E-state index in [9.17, 15) is 14.4 Å². The third-order valence-electron chi connectivity index (χ3n) is 4.89. The predicted molar refractivity (Wildman–Crippen MR) is 106 cm³/mol. The zero-order chi connectivity index (χ0) is 20.5. The third-order valence-corrected chi connectivity index (χ3v) is 4.89. The number of carbonyl (C=O) groups excluding carboxylic acids is 3. The normalized spacial score (nSPS) is 18.2. The number of hydrogen-bond donors (Lipinski definition) is 1. The van der Waals surface area contributed by atoms with Crippen LogP contribution in [0.2, 0.25) is 0 Å². The van der Waals surface area contributed by atoms with Gasteiger partial charge in [-0.2, -0.15) is 0 Å². The van der Waals surface area contributed by atoms with Gasteiger partial charge in [0, 0.05) is 17.4 Å². The number of carbonyl (C=O) groups is 3. The summed E-state index contributed by atoms with van der Waals surface area (Å²) < 4.78 is 10.9. The van der Waals surface area contributed by atoms with Crippen LogP contribution in [0.1, 0.15) is 12.5 Å². The molecule has 1 atom stereocenters. The number of ether oxygens (including phenoxy) is 2. The Bertz CT molecular complexity index is 973. The van der Waals surface area contributed by atoms with Crippen molar-refractivity contribution in [2.24, 2.45) is 0 Å². The fourth-order valence-electron chi connectivity index (χ4n) is 3.38. The molecular weight excluding hydrogens is 374 g/mol. The van der Waals surface area contributed by atoms with Gasteiger partial charge in [0.1, 0.15) is 25.8 Å². The summed E-state index contributed by atoms with van der Waals surface area (Å²) in [5, 5.41) is 2.70. The van der Waals surface area contributed by atoms with Gasteiger partial charge in [-0.1, -0.05) is 17.7 Å². The van der Waals surface area contributed by atoms with Crippen LogP contribution in [0.5, 0.6) is 11.5 Å². The topological polar surface area (TPSA) is 88.2 Å². The smallest absolute Gasteiger partial charge is 0.332 e. The van der Waals surface area contributed by atoms with Crippen molar-refractivity contribution in [3.8, 4) is 11.5 Å². The first kappa shape index (κ1) is 18.8. The van der Waals surface area contributed by atoms with E-state index >= 15 is 0 Å². The highest BCUT2D eigenvalue weighted by atomic mass is 16.6. The number of nitrogens with one attached hydrogen (secondary N) is 1. The number of nitrogens with zero attached hydrogens (tertiary/aromatic N) is 2. The monoisotopic (exact) mass is 395 g/mol. The Labute approximate surface area is 168 Å². The van der Waals surface area contributed by atoms with Crippen LogP contribution in [0.3, 0.4) is 0 Å². The minimum absolute atomic E-state index is 0.362. The Morgan fingerprint density at radius 1 is 1.07 bits per heavy atom. The molecule has 4 amide bonds. The van der Waals surface area contributed by atoms with Crippen molar-refractivity contribution in [1.29, 1.82) is 0 Å². The molecule has 8 nitrogen and oxygen atoms in total. The molecule has 1 fully saturated rings. The van der Waals surface area contributed by atoms with Crippen LogP contribution in [0.4, 0.5) is 16.2 Å². The van der Waals surface area contributed by atoms with Crippen molar-refractivity contribution in [2.45, 2.75) is 19.9 Å². The predicted octanol–water partition coefficient (Wildman–Crippen LogP) is 2.56. The summed E-state index contributed by atoms with van der Waals surface area (Å²) in [6.07, 6.45) is 0. The first-order valence-electron chi connectivity index (χ1n) is 9.35. The lowest BCUT2D eigenvalue weighted by molar-refractivity contribution is -0.130. The quantitative estimate of drug-likeness (QED) is 0.804. The molecule has 2 aliphatic rings. The van der Waals surface area contributed by atoms with E-state index in [-0.39, 0.29) is 6.54 Å². The molecule has 0 spiro atoms. The van der Waals surface area contributed by atoms with E-state index in [0.717, 1.165) is 10.5 Å². The Kier molecular flexibility index (Phi) is 4.84. The summed E-state index contributed by atoms with van der Waals surface area (Å²) in [5.41, 5.74) is 2.17. The number of urea groups is 1. The van der Waals surface area contributed by atoms with E-state index < -0.39 is 23.9 Å². The summed E-state index contributed by atoms with van der Waals surface area (Å²) in [7, 11) is 0. The van der Waals surface area contributed by atoms with Crippen LogP contribution >= 0.6 is 0 Å². The minimum atomic E-state index is -0.674. The molecule has 0 bridgehead atoms. The molecule has 1 N–H and O–H groups in total. The zero-order valence-electron chi connectivity index (χ0n) is 16.2. The first-order chi connectivity index (χ1) is 13.9. The second kappa shape index (κ2) is 7.46. The Hall–Kier alpha value is -3.55. The fraction of sp³-hybridized carbons (Fsp3) is 0.286. The average molecular weight is 395 g/mol. The van der Waals surface area contributed by atoms with Crippen molar-refractivity contribution in [3.63, 3.8) is 0 Å². The molecule has 2 aromatic rings. The molecule has 4 rings (SSSR count). The average Bonchev–Trinajstić information content (AvgIpc) is 2.92. The van der Waals surface area contributed by atoms with Gasteiger partial charge >= 0.3 is 6.03 Å². The maximum absolute atomic E-state index is 12.8. The Morgan fingerprint density at radius 2 is 1.76 bits per heavy atom. The number of rotatable bonds is 4. The highest BCUT2D eigenvalue weighted by Gasteiger charge is 2.44. The van der Waals surface area contributed by atoms with Gasteiger partial charge in [0.15, 0.2) is 11.5 Å². The molecular formula is C21H21N3O5. The maximum Gasteiger partial charge on any atom is 0.332 e. The summed E-state index contributed by atoms with van der Waals surface area (Å²) in [4.78, 5) is 40.2. The lowest BCUT2D eigenvalue weighted by atomic mass is 10.2. The van der Waals surface area contributed by atoms with E-state index in [2.05, 4.69) is 5.32 Å². The molecule has 0 radical (unpaired) electrons. The van der Waals surface area contributed by atoms with Crippen LogP contribution in [0.25, 0.3) is 0 Å². The lowest BCUT2D eigenvalue weighted by Gasteiger charge is -2.20. The lowest BCUT2D eigenvalue weighted by Crippen LogP contribution is -2.39. The molecule has 2 aliphatic heterocycles. The molecule has 0 aliphatic carbocycles. The van der Waals surface area contributed by atoms with Crippen LogP contribution < -0.4 is 19.7 Å². The van der Waals surface area contributed by atoms with Crippen molar-refractivity contribution in [3.05, 3.63) is 48.0 Å². The van der Waals surface area contributed by atoms with Gasteiger partial charge in [-0.25, -0.2) is 4.79 Å². The van der Waals surface area contributed by atoms with Gasteiger partial charge in [-0.05, 0) is 38.1 Å². The van der Waals surface area contributed by atoms with Crippen molar-refractivity contribution >= 4 is 29.2 Å². The van der Waals surface area contributed by atoms with Gasteiger partial charge in [0.05, 0.1) is 0 Å². The van der Waals surface area contributed by atoms with Crippen LogP contribution in [-0.2, 0) is 9.59 Å². The van der Waals surface area contributed by atoms with Gasteiger partial charge in [0.25, 0.3) is 5.91 Å². The molecule has 150 valence electrons. The number of hydrogen-bond acceptors (Lipinski definition) is 5. The largest absolute Gasteiger partial charge is 0.486 e. The molecule has 29 heavy (non-hydrogen) atoms. The second-order valence-corrected chi connectivity index (χ2v) is 7.00. The van der Waals surface area contributed by atoms with Crippen molar-refractivity contribution < 1.29 is 23.9 Å².